The van der Waals surface area contributed by atoms with Crippen LogP contribution in [-0.4, -0.2) is 46.9 Å². The molecule has 1 aromatic rings. The lowest BCUT2D eigenvalue weighted by atomic mass is 9.96. The van der Waals surface area contributed by atoms with Gasteiger partial charge < -0.3 is 5.11 Å². The molecule has 2 heterocycles. The first-order valence-electron chi connectivity index (χ1n) is 7.56. The van der Waals surface area contributed by atoms with E-state index >= 15 is 0 Å². The van der Waals surface area contributed by atoms with Crippen molar-refractivity contribution < 1.29 is 19.5 Å². The Kier molecular flexibility index (Phi) is 4.37. The van der Waals surface area contributed by atoms with Crippen LogP contribution in [0.5, 0.6) is 0 Å². The van der Waals surface area contributed by atoms with E-state index in [1.165, 1.54) is 4.90 Å². The first kappa shape index (κ1) is 16.0. The molecule has 1 unspecified atom stereocenters. The molecule has 122 valence electrons. The number of carbonyl (C=O) groups is 3. The van der Waals surface area contributed by atoms with E-state index in [0.29, 0.717) is 36.6 Å². The average molecular weight is 337 g/mol. The number of halogens is 1. The number of aliphatic carboxylic acids is 1. The fourth-order valence-electron chi connectivity index (χ4n) is 3.22. The molecule has 0 spiro atoms. The predicted molar refractivity (Wildman–Crippen MR) is 84.3 cm³/mol. The second kappa shape index (κ2) is 6.29. The van der Waals surface area contributed by atoms with Gasteiger partial charge in [-0.3, -0.25) is 19.3 Å². The molecule has 0 aliphatic carbocycles. The van der Waals surface area contributed by atoms with Crippen molar-refractivity contribution in [1.29, 1.82) is 0 Å². The third-order valence-corrected chi connectivity index (χ3v) is 4.78. The topological polar surface area (TPSA) is 77.9 Å². The van der Waals surface area contributed by atoms with Crippen molar-refractivity contribution in [2.24, 2.45) is 5.92 Å². The monoisotopic (exact) mass is 336 g/mol. The molecule has 2 aliphatic rings. The van der Waals surface area contributed by atoms with Gasteiger partial charge in [0, 0.05) is 5.02 Å². The number of carboxylic acid groups (broad SMARTS) is 1. The molecule has 2 saturated heterocycles. The molecule has 0 saturated carbocycles. The summed E-state index contributed by atoms with van der Waals surface area (Å²) in [5, 5.41) is 9.58. The second-order valence-electron chi connectivity index (χ2n) is 5.91. The van der Waals surface area contributed by atoms with Gasteiger partial charge in [-0.15, -0.1) is 0 Å². The molecule has 3 rings (SSSR count). The van der Waals surface area contributed by atoms with E-state index in [1.54, 1.807) is 24.3 Å². The number of benzene rings is 1. The summed E-state index contributed by atoms with van der Waals surface area (Å²) in [6.45, 7) is 1.05. The number of likely N-dealkylation sites (tertiary alicyclic amines) is 1. The maximum atomic E-state index is 12.6. The van der Waals surface area contributed by atoms with Gasteiger partial charge in [0.1, 0.15) is 0 Å². The van der Waals surface area contributed by atoms with Gasteiger partial charge in [0.25, 0.3) is 5.91 Å². The number of carbonyl (C=O) groups excluding carboxylic acids is 2. The van der Waals surface area contributed by atoms with Crippen molar-refractivity contribution in [2.45, 2.75) is 25.3 Å². The number of nitrogens with zero attached hydrogens (tertiary/aromatic N) is 2. The number of piperidine rings is 1. The molecule has 1 atom stereocenters. The Hall–Kier alpha value is -1.92. The van der Waals surface area contributed by atoms with E-state index in [2.05, 4.69) is 0 Å². The number of imide groups is 1. The maximum absolute atomic E-state index is 12.6. The third-order valence-electron chi connectivity index (χ3n) is 4.53. The van der Waals surface area contributed by atoms with Crippen LogP contribution in [0.25, 0.3) is 0 Å². The Morgan fingerprint density at radius 2 is 1.74 bits per heavy atom. The van der Waals surface area contributed by atoms with Crippen LogP contribution in [0.4, 0.5) is 5.69 Å². The molecule has 7 heteroatoms. The number of carboxylic acids is 1. The van der Waals surface area contributed by atoms with Crippen LogP contribution in [0.1, 0.15) is 19.3 Å². The van der Waals surface area contributed by atoms with Gasteiger partial charge in [-0.1, -0.05) is 11.6 Å². The van der Waals surface area contributed by atoms with Crippen LogP contribution >= 0.6 is 11.6 Å². The van der Waals surface area contributed by atoms with Gasteiger partial charge in [0.05, 0.1) is 24.1 Å². The normalized spacial score (nSPS) is 23.5. The van der Waals surface area contributed by atoms with E-state index in [1.807, 2.05) is 4.90 Å². The Bertz CT molecular complexity index is 638. The summed E-state index contributed by atoms with van der Waals surface area (Å²) < 4.78 is 0. The number of anilines is 1. The lowest BCUT2D eigenvalue weighted by Crippen LogP contribution is -2.46. The highest BCUT2D eigenvalue weighted by molar-refractivity contribution is 6.30. The largest absolute Gasteiger partial charge is 0.481 e. The molecule has 2 fully saturated rings. The number of rotatable bonds is 3. The van der Waals surface area contributed by atoms with Crippen molar-refractivity contribution in [2.75, 3.05) is 18.0 Å². The van der Waals surface area contributed by atoms with Crippen LogP contribution in [0.15, 0.2) is 24.3 Å². The highest BCUT2D eigenvalue weighted by Crippen LogP contribution is 2.29. The summed E-state index contributed by atoms with van der Waals surface area (Å²) in [6.07, 6.45) is 1.15. The lowest BCUT2D eigenvalue weighted by Gasteiger charge is -2.33. The molecule has 1 N–H and O–H groups in total. The molecular weight excluding hydrogens is 320 g/mol. The van der Waals surface area contributed by atoms with Crippen molar-refractivity contribution >= 4 is 35.1 Å². The molecule has 0 bridgehead atoms. The fourth-order valence-corrected chi connectivity index (χ4v) is 3.35. The van der Waals surface area contributed by atoms with Gasteiger partial charge >= 0.3 is 5.97 Å². The molecule has 23 heavy (non-hydrogen) atoms. The van der Waals surface area contributed by atoms with Crippen molar-refractivity contribution in [3.8, 4) is 0 Å². The number of hydrogen-bond donors (Lipinski definition) is 1. The molecule has 2 aliphatic heterocycles. The molecule has 2 amide bonds. The van der Waals surface area contributed by atoms with Crippen LogP contribution < -0.4 is 4.90 Å². The zero-order valence-corrected chi connectivity index (χ0v) is 13.2. The molecule has 0 aromatic heterocycles. The van der Waals surface area contributed by atoms with E-state index in [4.69, 9.17) is 16.7 Å². The predicted octanol–water partition coefficient (Wildman–Crippen LogP) is 1.77. The Labute approximate surface area is 138 Å². The van der Waals surface area contributed by atoms with Crippen LogP contribution in [0.3, 0.4) is 0 Å². The van der Waals surface area contributed by atoms with Gasteiger partial charge in [-0.2, -0.15) is 0 Å². The highest BCUT2D eigenvalue weighted by atomic mass is 35.5. The summed E-state index contributed by atoms with van der Waals surface area (Å²) in [5.74, 6) is -1.62. The maximum Gasteiger partial charge on any atom is 0.306 e. The van der Waals surface area contributed by atoms with Gasteiger partial charge in [0.15, 0.2) is 0 Å². The standard InChI is InChI=1S/C16H17ClN2O4/c17-11-1-3-12(4-2-11)19-14(20)9-13(15(19)21)18-7-5-10(6-8-18)16(22)23/h1-4,10,13H,5-9H2,(H,22,23). The van der Waals surface area contributed by atoms with E-state index < -0.39 is 12.0 Å². The van der Waals surface area contributed by atoms with E-state index in [-0.39, 0.29) is 24.2 Å². The van der Waals surface area contributed by atoms with Gasteiger partial charge in [-0.05, 0) is 50.2 Å². The Morgan fingerprint density at radius 1 is 1.13 bits per heavy atom. The molecule has 6 nitrogen and oxygen atoms in total. The van der Waals surface area contributed by atoms with Crippen LogP contribution in [0.2, 0.25) is 5.02 Å². The Morgan fingerprint density at radius 3 is 2.30 bits per heavy atom. The fraction of sp³-hybridized carbons (Fsp3) is 0.438. The summed E-state index contributed by atoms with van der Waals surface area (Å²) in [5.41, 5.74) is 0.521. The lowest BCUT2D eigenvalue weighted by molar-refractivity contribution is -0.143. The van der Waals surface area contributed by atoms with Crippen LogP contribution in [-0.2, 0) is 14.4 Å². The van der Waals surface area contributed by atoms with Crippen molar-refractivity contribution in [3.05, 3.63) is 29.3 Å². The summed E-state index contributed by atoms with van der Waals surface area (Å²) >= 11 is 5.84. The van der Waals surface area contributed by atoms with Gasteiger partial charge in [-0.25, -0.2) is 4.90 Å². The second-order valence-corrected chi connectivity index (χ2v) is 6.35. The quantitative estimate of drug-likeness (QED) is 0.851. The van der Waals surface area contributed by atoms with E-state index in [9.17, 15) is 14.4 Å². The minimum Gasteiger partial charge on any atom is -0.481 e. The van der Waals surface area contributed by atoms with Crippen molar-refractivity contribution in [3.63, 3.8) is 0 Å². The van der Waals surface area contributed by atoms with Gasteiger partial charge in [0.2, 0.25) is 5.91 Å². The molecule has 1 aromatic carbocycles. The third kappa shape index (κ3) is 3.09. The van der Waals surface area contributed by atoms with Crippen LogP contribution in [0, 0.1) is 5.92 Å². The SMILES string of the molecule is O=C(O)C1CCN(C2CC(=O)N(c3ccc(Cl)cc3)C2=O)CC1. The average Bonchev–Trinajstić information content (AvgIpc) is 2.83. The smallest absolute Gasteiger partial charge is 0.306 e. The summed E-state index contributed by atoms with van der Waals surface area (Å²) in [7, 11) is 0. The molecular formula is C16H17ClN2O4. The first-order chi connectivity index (χ1) is 11.0. The minimum atomic E-state index is -0.790. The molecule has 0 radical (unpaired) electrons. The highest BCUT2D eigenvalue weighted by Gasteiger charge is 2.43. The minimum absolute atomic E-state index is 0.138. The van der Waals surface area contributed by atoms with Crippen molar-refractivity contribution in [1.82, 2.24) is 4.90 Å². The Balaban J connectivity index is 1.72. The zero-order valence-electron chi connectivity index (χ0n) is 12.4. The first-order valence-corrected chi connectivity index (χ1v) is 7.94. The number of hydrogen-bond acceptors (Lipinski definition) is 4. The number of amides is 2. The summed E-state index contributed by atoms with van der Waals surface area (Å²) in [6, 6.07) is 6.09. The van der Waals surface area contributed by atoms with E-state index in [0.717, 1.165) is 0 Å². The summed E-state index contributed by atoms with van der Waals surface area (Å²) in [4.78, 5) is 39.0. The zero-order chi connectivity index (χ0) is 16.6.